The molecular formula is C13H21ClN4. The van der Waals surface area contributed by atoms with Crippen molar-refractivity contribution in [1.82, 2.24) is 15.3 Å². The van der Waals surface area contributed by atoms with E-state index in [0.717, 1.165) is 38.0 Å². The first-order chi connectivity index (χ1) is 8.79. The zero-order valence-electron chi connectivity index (χ0n) is 10.9. The van der Waals surface area contributed by atoms with Crippen LogP contribution >= 0.6 is 11.6 Å². The maximum Gasteiger partial charge on any atom is 0.225 e. The summed E-state index contributed by atoms with van der Waals surface area (Å²) in [4.78, 5) is 10.8. The van der Waals surface area contributed by atoms with Crippen LogP contribution in [0.25, 0.3) is 0 Å². The van der Waals surface area contributed by atoms with Gasteiger partial charge < -0.3 is 10.2 Å². The van der Waals surface area contributed by atoms with Crippen molar-refractivity contribution in [2.75, 3.05) is 31.1 Å². The fourth-order valence-corrected chi connectivity index (χ4v) is 2.39. The molecule has 0 aliphatic carbocycles. The van der Waals surface area contributed by atoms with Crippen molar-refractivity contribution < 1.29 is 0 Å². The monoisotopic (exact) mass is 268 g/mol. The molecule has 0 atom stereocenters. The van der Waals surface area contributed by atoms with Gasteiger partial charge >= 0.3 is 0 Å². The van der Waals surface area contributed by atoms with E-state index in [-0.39, 0.29) is 0 Å². The molecule has 2 rings (SSSR count). The number of hydrogen-bond acceptors (Lipinski definition) is 4. The minimum absolute atomic E-state index is 0.595. The van der Waals surface area contributed by atoms with E-state index in [2.05, 4.69) is 27.1 Å². The number of hydrogen-bond donors (Lipinski definition) is 1. The molecule has 1 aliphatic heterocycles. The quantitative estimate of drug-likeness (QED) is 0.833. The smallest absolute Gasteiger partial charge is 0.225 e. The number of anilines is 1. The van der Waals surface area contributed by atoms with E-state index in [1.807, 2.05) is 0 Å². The lowest BCUT2D eigenvalue weighted by Gasteiger charge is -2.32. The van der Waals surface area contributed by atoms with Crippen LogP contribution in [0.4, 0.5) is 5.95 Å². The number of rotatable bonds is 5. The average molecular weight is 269 g/mol. The highest BCUT2D eigenvalue weighted by molar-refractivity contribution is 6.30. The molecule has 1 fully saturated rings. The van der Waals surface area contributed by atoms with Gasteiger partial charge in [0.1, 0.15) is 0 Å². The van der Waals surface area contributed by atoms with Crippen molar-refractivity contribution in [2.45, 2.75) is 26.2 Å². The van der Waals surface area contributed by atoms with Gasteiger partial charge in [-0.2, -0.15) is 0 Å². The third-order valence-corrected chi connectivity index (χ3v) is 3.56. The van der Waals surface area contributed by atoms with Crippen LogP contribution in [0.15, 0.2) is 12.4 Å². The minimum Gasteiger partial charge on any atom is -0.341 e. The molecule has 0 radical (unpaired) electrons. The average Bonchev–Trinajstić information content (AvgIpc) is 2.41. The Bertz CT molecular complexity index is 347. The van der Waals surface area contributed by atoms with Crippen LogP contribution in [0, 0.1) is 5.92 Å². The highest BCUT2D eigenvalue weighted by Crippen LogP contribution is 2.20. The molecule has 0 spiro atoms. The number of piperidine rings is 1. The lowest BCUT2D eigenvalue weighted by molar-refractivity contribution is 0.381. The predicted octanol–water partition coefficient (Wildman–Crippen LogP) is 2.35. The van der Waals surface area contributed by atoms with Gasteiger partial charge in [0.25, 0.3) is 0 Å². The van der Waals surface area contributed by atoms with Gasteiger partial charge in [0.05, 0.1) is 17.4 Å². The number of halogens is 1. The van der Waals surface area contributed by atoms with Crippen molar-refractivity contribution in [3.8, 4) is 0 Å². The molecule has 0 bridgehead atoms. The van der Waals surface area contributed by atoms with Crippen molar-refractivity contribution >= 4 is 17.5 Å². The Morgan fingerprint density at radius 1 is 1.33 bits per heavy atom. The summed E-state index contributed by atoms with van der Waals surface area (Å²) in [5, 5.41) is 4.09. The third-order valence-electron chi connectivity index (χ3n) is 3.36. The molecule has 5 heteroatoms. The van der Waals surface area contributed by atoms with Crippen LogP contribution in [-0.4, -0.2) is 36.1 Å². The maximum absolute atomic E-state index is 5.79. The lowest BCUT2D eigenvalue weighted by Crippen LogP contribution is -2.38. The summed E-state index contributed by atoms with van der Waals surface area (Å²) in [6.45, 7) is 6.55. The molecule has 0 unspecified atom stereocenters. The summed E-state index contributed by atoms with van der Waals surface area (Å²) < 4.78 is 0. The second kappa shape index (κ2) is 6.90. The molecule has 18 heavy (non-hydrogen) atoms. The molecule has 2 heterocycles. The summed E-state index contributed by atoms with van der Waals surface area (Å²) in [7, 11) is 0. The van der Waals surface area contributed by atoms with Crippen LogP contribution in [0.3, 0.4) is 0 Å². The minimum atomic E-state index is 0.595. The molecule has 1 aromatic heterocycles. The Morgan fingerprint density at radius 3 is 2.61 bits per heavy atom. The molecule has 1 saturated heterocycles. The van der Waals surface area contributed by atoms with Gasteiger partial charge in [0, 0.05) is 13.1 Å². The first-order valence-corrected chi connectivity index (χ1v) is 7.10. The Balaban J connectivity index is 1.77. The fraction of sp³-hybridized carbons (Fsp3) is 0.692. The van der Waals surface area contributed by atoms with E-state index >= 15 is 0 Å². The SMILES string of the molecule is CCCNCC1CCN(c2ncc(Cl)cn2)CC1. The standard InChI is InChI=1S/C13H21ClN4/c1-2-5-15-8-11-3-6-18(7-4-11)13-16-9-12(14)10-17-13/h9-11,15H,2-8H2,1H3. The van der Waals surface area contributed by atoms with Crippen molar-refractivity contribution in [1.29, 1.82) is 0 Å². The molecule has 1 aliphatic rings. The second-order valence-corrected chi connectivity index (χ2v) is 5.27. The fourth-order valence-electron chi connectivity index (χ4n) is 2.29. The summed E-state index contributed by atoms with van der Waals surface area (Å²) in [5.41, 5.74) is 0. The Morgan fingerprint density at radius 2 is 2.00 bits per heavy atom. The predicted molar refractivity (Wildman–Crippen MR) is 75.1 cm³/mol. The third kappa shape index (κ3) is 3.82. The van der Waals surface area contributed by atoms with Crippen LogP contribution in [0.1, 0.15) is 26.2 Å². The highest BCUT2D eigenvalue weighted by atomic mass is 35.5. The number of nitrogens with zero attached hydrogens (tertiary/aromatic N) is 3. The van der Waals surface area contributed by atoms with Crippen LogP contribution < -0.4 is 10.2 Å². The normalized spacial score (nSPS) is 17.1. The number of aromatic nitrogens is 2. The van der Waals surface area contributed by atoms with Crippen molar-refractivity contribution in [3.05, 3.63) is 17.4 Å². The van der Waals surface area contributed by atoms with Gasteiger partial charge in [-0.15, -0.1) is 0 Å². The van der Waals surface area contributed by atoms with E-state index in [1.165, 1.54) is 19.3 Å². The van der Waals surface area contributed by atoms with E-state index in [4.69, 9.17) is 11.6 Å². The summed E-state index contributed by atoms with van der Waals surface area (Å²) in [6, 6.07) is 0. The van der Waals surface area contributed by atoms with E-state index in [9.17, 15) is 0 Å². The molecule has 4 nitrogen and oxygen atoms in total. The van der Waals surface area contributed by atoms with Crippen LogP contribution in [0.5, 0.6) is 0 Å². The first kappa shape index (κ1) is 13.6. The zero-order chi connectivity index (χ0) is 12.8. The summed E-state index contributed by atoms with van der Waals surface area (Å²) in [5.74, 6) is 1.60. The molecular weight excluding hydrogens is 248 g/mol. The van der Waals surface area contributed by atoms with Gasteiger partial charge in [0.2, 0.25) is 5.95 Å². The van der Waals surface area contributed by atoms with Gasteiger partial charge in [-0.25, -0.2) is 9.97 Å². The molecule has 0 amide bonds. The molecule has 1 aromatic rings. The Labute approximate surface area is 114 Å². The second-order valence-electron chi connectivity index (χ2n) is 4.84. The Hall–Kier alpha value is -0.870. The van der Waals surface area contributed by atoms with Gasteiger partial charge in [0.15, 0.2) is 0 Å². The van der Waals surface area contributed by atoms with Gasteiger partial charge in [-0.1, -0.05) is 18.5 Å². The first-order valence-electron chi connectivity index (χ1n) is 6.72. The summed E-state index contributed by atoms with van der Waals surface area (Å²) in [6.07, 6.45) is 6.96. The maximum atomic E-state index is 5.79. The lowest BCUT2D eigenvalue weighted by atomic mass is 9.97. The molecule has 0 saturated carbocycles. The van der Waals surface area contributed by atoms with E-state index in [0.29, 0.717) is 5.02 Å². The van der Waals surface area contributed by atoms with E-state index < -0.39 is 0 Å². The Kier molecular flexibility index (Phi) is 5.20. The van der Waals surface area contributed by atoms with Crippen molar-refractivity contribution in [3.63, 3.8) is 0 Å². The van der Waals surface area contributed by atoms with Crippen LogP contribution in [-0.2, 0) is 0 Å². The van der Waals surface area contributed by atoms with E-state index in [1.54, 1.807) is 12.4 Å². The zero-order valence-corrected chi connectivity index (χ0v) is 11.7. The molecule has 1 N–H and O–H groups in total. The van der Waals surface area contributed by atoms with Gasteiger partial charge in [-0.05, 0) is 38.3 Å². The topological polar surface area (TPSA) is 41.0 Å². The van der Waals surface area contributed by atoms with Crippen molar-refractivity contribution in [2.24, 2.45) is 5.92 Å². The highest BCUT2D eigenvalue weighted by Gasteiger charge is 2.20. The van der Waals surface area contributed by atoms with Gasteiger partial charge in [-0.3, -0.25) is 0 Å². The van der Waals surface area contributed by atoms with Crippen LogP contribution in [0.2, 0.25) is 5.02 Å². The molecule has 0 aromatic carbocycles. The number of nitrogens with one attached hydrogen (secondary N) is 1. The largest absolute Gasteiger partial charge is 0.341 e. The molecule has 100 valence electrons. The summed E-state index contributed by atoms with van der Waals surface area (Å²) >= 11 is 5.79.